The number of nitrogens with one attached hydrogen (secondary N) is 1. The van der Waals surface area contributed by atoms with Crippen molar-refractivity contribution < 1.29 is 14.1 Å². The Labute approximate surface area is 122 Å². The van der Waals surface area contributed by atoms with Crippen LogP contribution in [0, 0.1) is 21.8 Å². The summed E-state index contributed by atoms with van der Waals surface area (Å²) in [5.74, 6) is -0.970. The zero-order valence-electron chi connectivity index (χ0n) is 11.8. The van der Waals surface area contributed by atoms with Gasteiger partial charge in [-0.3, -0.25) is 14.9 Å². The van der Waals surface area contributed by atoms with E-state index in [9.17, 15) is 19.3 Å². The summed E-state index contributed by atoms with van der Waals surface area (Å²) in [5, 5.41) is 13.3. The van der Waals surface area contributed by atoms with Gasteiger partial charge in [0.1, 0.15) is 0 Å². The second kappa shape index (κ2) is 6.62. The van der Waals surface area contributed by atoms with Gasteiger partial charge in [0.15, 0.2) is 0 Å². The molecule has 21 heavy (non-hydrogen) atoms. The van der Waals surface area contributed by atoms with E-state index in [-0.39, 0.29) is 5.56 Å². The predicted octanol–water partition coefficient (Wildman–Crippen LogP) is 1.81. The predicted molar refractivity (Wildman–Crippen MR) is 75.6 cm³/mol. The van der Waals surface area contributed by atoms with Gasteiger partial charge in [-0.2, -0.15) is 4.39 Å². The molecule has 2 rings (SSSR count). The first kappa shape index (κ1) is 15.4. The third-order valence-corrected chi connectivity index (χ3v) is 3.80. The lowest BCUT2D eigenvalue weighted by Crippen LogP contribution is -2.36. The van der Waals surface area contributed by atoms with Crippen molar-refractivity contribution in [1.82, 2.24) is 10.2 Å². The van der Waals surface area contributed by atoms with Gasteiger partial charge in [-0.05, 0) is 51.0 Å². The molecule has 1 aliphatic rings. The summed E-state index contributed by atoms with van der Waals surface area (Å²) in [6.45, 7) is 2.56. The number of nitro benzene ring substituents is 1. The highest BCUT2D eigenvalue weighted by molar-refractivity contribution is 5.94. The molecule has 0 spiro atoms. The van der Waals surface area contributed by atoms with E-state index in [0.29, 0.717) is 12.5 Å². The number of halogens is 1. The number of nitrogens with zero attached hydrogens (tertiary/aromatic N) is 2. The molecule has 0 aliphatic carbocycles. The van der Waals surface area contributed by atoms with Gasteiger partial charge in [0.05, 0.1) is 4.92 Å². The topological polar surface area (TPSA) is 75.5 Å². The van der Waals surface area contributed by atoms with Gasteiger partial charge < -0.3 is 10.2 Å². The highest BCUT2D eigenvalue weighted by atomic mass is 19.1. The molecule has 6 nitrogen and oxygen atoms in total. The van der Waals surface area contributed by atoms with Gasteiger partial charge in [0.2, 0.25) is 5.82 Å². The lowest BCUT2D eigenvalue weighted by atomic mass is 9.97. The molecule has 1 fully saturated rings. The van der Waals surface area contributed by atoms with Gasteiger partial charge >= 0.3 is 5.69 Å². The Balaban J connectivity index is 1.91. The number of rotatable bonds is 4. The summed E-state index contributed by atoms with van der Waals surface area (Å²) >= 11 is 0. The first-order valence-electron chi connectivity index (χ1n) is 6.88. The van der Waals surface area contributed by atoms with Gasteiger partial charge in [0.25, 0.3) is 5.91 Å². The van der Waals surface area contributed by atoms with E-state index in [1.807, 2.05) is 0 Å². The van der Waals surface area contributed by atoms with Crippen LogP contribution in [0.15, 0.2) is 18.2 Å². The smallest absolute Gasteiger partial charge is 0.304 e. The Kier molecular flexibility index (Phi) is 4.85. The molecule has 0 bridgehead atoms. The summed E-state index contributed by atoms with van der Waals surface area (Å²) in [7, 11) is 2.06. The third kappa shape index (κ3) is 3.98. The van der Waals surface area contributed by atoms with Crippen LogP contribution in [-0.4, -0.2) is 42.4 Å². The van der Waals surface area contributed by atoms with Crippen LogP contribution in [-0.2, 0) is 0 Å². The van der Waals surface area contributed by atoms with Gasteiger partial charge in [-0.1, -0.05) is 0 Å². The molecule has 114 valence electrons. The number of hydrogen-bond acceptors (Lipinski definition) is 4. The van der Waals surface area contributed by atoms with E-state index in [1.165, 1.54) is 6.07 Å². The summed E-state index contributed by atoms with van der Waals surface area (Å²) in [6, 6.07) is 3.19. The normalized spacial score (nSPS) is 16.7. The molecule has 1 N–H and O–H groups in total. The third-order valence-electron chi connectivity index (χ3n) is 3.80. The number of benzene rings is 1. The number of nitro groups is 1. The fourth-order valence-electron chi connectivity index (χ4n) is 2.40. The molecule has 1 saturated heterocycles. The van der Waals surface area contributed by atoms with Crippen LogP contribution >= 0.6 is 0 Å². The standard InChI is InChI=1S/C14H18FN3O3/c1-17-6-4-10(5-7-17)9-16-14(19)11-2-3-13(18(20)21)12(15)8-11/h2-3,8,10H,4-7,9H2,1H3,(H,16,19). The highest BCUT2D eigenvalue weighted by Crippen LogP contribution is 2.18. The number of carbonyl (C=O) groups is 1. The largest absolute Gasteiger partial charge is 0.352 e. The van der Waals surface area contributed by atoms with Crippen molar-refractivity contribution in [2.45, 2.75) is 12.8 Å². The second-order valence-electron chi connectivity index (χ2n) is 5.38. The van der Waals surface area contributed by atoms with Crippen molar-refractivity contribution in [2.75, 3.05) is 26.7 Å². The zero-order valence-corrected chi connectivity index (χ0v) is 11.8. The second-order valence-corrected chi connectivity index (χ2v) is 5.38. The maximum Gasteiger partial charge on any atom is 0.304 e. The lowest BCUT2D eigenvalue weighted by Gasteiger charge is -2.28. The zero-order chi connectivity index (χ0) is 15.4. The number of carbonyl (C=O) groups excluding carboxylic acids is 1. The maximum absolute atomic E-state index is 13.5. The van der Waals surface area contributed by atoms with E-state index in [2.05, 4.69) is 17.3 Å². The first-order chi connectivity index (χ1) is 9.97. The molecule has 0 unspecified atom stereocenters. The Morgan fingerprint density at radius 3 is 2.71 bits per heavy atom. The van der Waals surface area contributed by atoms with E-state index in [0.717, 1.165) is 38.1 Å². The number of likely N-dealkylation sites (tertiary alicyclic amines) is 1. The SMILES string of the molecule is CN1CCC(CNC(=O)c2ccc([N+](=O)[O-])c(F)c2)CC1. The molecular weight excluding hydrogens is 277 g/mol. The van der Waals surface area contributed by atoms with Crippen molar-refractivity contribution in [3.8, 4) is 0 Å². The maximum atomic E-state index is 13.5. The molecule has 0 radical (unpaired) electrons. The molecule has 1 aromatic carbocycles. The quantitative estimate of drug-likeness (QED) is 0.679. The van der Waals surface area contributed by atoms with Crippen LogP contribution < -0.4 is 5.32 Å². The van der Waals surface area contributed by atoms with Crippen molar-refractivity contribution in [1.29, 1.82) is 0 Å². The molecule has 7 heteroatoms. The number of hydrogen-bond donors (Lipinski definition) is 1. The average molecular weight is 295 g/mol. The van der Waals surface area contributed by atoms with Crippen molar-refractivity contribution >= 4 is 11.6 Å². The first-order valence-corrected chi connectivity index (χ1v) is 6.88. The van der Waals surface area contributed by atoms with E-state index in [4.69, 9.17) is 0 Å². The van der Waals surface area contributed by atoms with E-state index < -0.39 is 22.3 Å². The number of amides is 1. The van der Waals surface area contributed by atoms with E-state index >= 15 is 0 Å². The molecule has 1 aliphatic heterocycles. The van der Waals surface area contributed by atoms with Crippen molar-refractivity contribution in [3.63, 3.8) is 0 Å². The molecule has 0 aromatic heterocycles. The van der Waals surface area contributed by atoms with Gasteiger partial charge in [-0.15, -0.1) is 0 Å². The average Bonchev–Trinajstić information content (AvgIpc) is 2.45. The van der Waals surface area contributed by atoms with E-state index in [1.54, 1.807) is 0 Å². The van der Waals surface area contributed by atoms with Gasteiger partial charge in [-0.25, -0.2) is 0 Å². The minimum Gasteiger partial charge on any atom is -0.352 e. The van der Waals surface area contributed by atoms with Crippen LogP contribution in [0.5, 0.6) is 0 Å². The fourth-order valence-corrected chi connectivity index (χ4v) is 2.40. The van der Waals surface area contributed by atoms with Crippen LogP contribution in [0.25, 0.3) is 0 Å². The van der Waals surface area contributed by atoms with Crippen molar-refractivity contribution in [3.05, 3.63) is 39.7 Å². The summed E-state index contributed by atoms with van der Waals surface area (Å²) in [6.07, 6.45) is 2.04. The molecule has 1 aromatic rings. The minimum atomic E-state index is -0.994. The molecule has 0 atom stereocenters. The molecule has 1 heterocycles. The van der Waals surface area contributed by atoms with Crippen LogP contribution in [0.4, 0.5) is 10.1 Å². The fraction of sp³-hybridized carbons (Fsp3) is 0.500. The summed E-state index contributed by atoms with van der Waals surface area (Å²) in [5.41, 5.74) is -0.520. The van der Waals surface area contributed by atoms with Crippen LogP contribution in [0.1, 0.15) is 23.2 Å². The van der Waals surface area contributed by atoms with Crippen LogP contribution in [0.3, 0.4) is 0 Å². The van der Waals surface area contributed by atoms with Gasteiger partial charge in [0, 0.05) is 18.2 Å². The Bertz CT molecular complexity index is 542. The van der Waals surface area contributed by atoms with Crippen molar-refractivity contribution in [2.24, 2.45) is 5.92 Å². The molecular formula is C14H18FN3O3. The molecule has 0 saturated carbocycles. The summed E-state index contributed by atoms with van der Waals surface area (Å²) < 4.78 is 13.5. The Morgan fingerprint density at radius 1 is 1.48 bits per heavy atom. The lowest BCUT2D eigenvalue weighted by molar-refractivity contribution is -0.387. The Morgan fingerprint density at radius 2 is 2.14 bits per heavy atom. The summed E-state index contributed by atoms with van der Waals surface area (Å²) in [4.78, 5) is 23.9. The minimum absolute atomic E-state index is 0.103. The van der Waals surface area contributed by atoms with Crippen LogP contribution in [0.2, 0.25) is 0 Å². The monoisotopic (exact) mass is 295 g/mol. The number of piperidine rings is 1. The molecule has 1 amide bonds. The Hall–Kier alpha value is -2.02. The highest BCUT2D eigenvalue weighted by Gasteiger charge is 2.19.